The Morgan fingerprint density at radius 1 is 1.16 bits per heavy atom. The van der Waals surface area contributed by atoms with Gasteiger partial charge in [-0.25, -0.2) is 0 Å². The zero-order chi connectivity index (χ0) is 18.2. The predicted octanol–water partition coefficient (Wildman–Crippen LogP) is 1.95. The lowest BCUT2D eigenvalue weighted by molar-refractivity contribution is -0.142. The second kappa shape index (κ2) is 6.95. The molecule has 2 fully saturated rings. The molecule has 2 aliphatic rings. The van der Waals surface area contributed by atoms with Crippen molar-refractivity contribution >= 4 is 5.91 Å². The lowest BCUT2D eigenvalue weighted by atomic mass is 10.0. The summed E-state index contributed by atoms with van der Waals surface area (Å²) in [5, 5.41) is 3.84. The molecular weight excluding hydrogens is 337 g/mol. The molecule has 0 N–H and O–H groups in total. The van der Waals surface area contributed by atoms with Gasteiger partial charge >= 0.3 is 6.18 Å². The van der Waals surface area contributed by atoms with Crippen LogP contribution in [0.4, 0.5) is 13.2 Å². The Bertz CT molecular complexity index is 630. The number of carbonyl (C=O) groups is 1. The van der Waals surface area contributed by atoms with Gasteiger partial charge in [-0.05, 0) is 39.9 Å². The number of carbonyl (C=O) groups excluding carboxylic acids is 1. The minimum atomic E-state index is -4.65. The highest BCUT2D eigenvalue weighted by Gasteiger charge is 2.42. The number of hydrogen-bond acceptors (Lipinski definition) is 4. The van der Waals surface area contributed by atoms with Crippen LogP contribution in [-0.2, 0) is 10.9 Å². The van der Waals surface area contributed by atoms with Gasteiger partial charge in [-0.2, -0.15) is 18.3 Å². The molecule has 2 aliphatic heterocycles. The number of alkyl halides is 3. The van der Waals surface area contributed by atoms with E-state index in [2.05, 4.69) is 10.00 Å². The lowest BCUT2D eigenvalue weighted by Gasteiger charge is -2.30. The Morgan fingerprint density at radius 2 is 1.76 bits per heavy atom. The van der Waals surface area contributed by atoms with Crippen molar-refractivity contribution in [2.45, 2.75) is 32.0 Å². The molecule has 0 unspecified atom stereocenters. The van der Waals surface area contributed by atoms with E-state index < -0.39 is 17.8 Å². The summed E-state index contributed by atoms with van der Waals surface area (Å²) in [7, 11) is 1.99. The summed E-state index contributed by atoms with van der Waals surface area (Å²) in [6.45, 7) is 4.46. The average Bonchev–Trinajstić information content (AvgIpc) is 2.93. The third-order valence-electron chi connectivity index (χ3n) is 4.96. The second-order valence-corrected chi connectivity index (χ2v) is 6.69. The summed E-state index contributed by atoms with van der Waals surface area (Å²) >= 11 is 0. The predicted molar refractivity (Wildman–Crippen MR) is 84.5 cm³/mol. The molecule has 0 aromatic carbocycles. The molecule has 0 radical (unpaired) electrons. The number of halogens is 3. The zero-order valence-electron chi connectivity index (χ0n) is 14.5. The molecule has 2 saturated heterocycles. The lowest BCUT2D eigenvalue weighted by Crippen LogP contribution is -2.41. The first-order chi connectivity index (χ1) is 11.8. The third kappa shape index (κ3) is 3.67. The van der Waals surface area contributed by atoms with Crippen molar-refractivity contribution in [2.75, 3.05) is 46.4 Å². The number of morpholine rings is 1. The van der Waals surface area contributed by atoms with Crippen molar-refractivity contribution in [3.05, 3.63) is 17.0 Å². The van der Waals surface area contributed by atoms with Crippen LogP contribution in [0, 0.1) is 6.92 Å². The molecular formula is C16H23F3N4O2. The number of hydrogen-bond donors (Lipinski definition) is 0. The Balaban J connectivity index is 1.96. The number of rotatable bonds is 2. The number of aromatic nitrogens is 2. The molecule has 9 heteroatoms. The first kappa shape index (κ1) is 18.2. The molecule has 1 aromatic rings. The standard InChI is InChI=1S/C16H23F3N4O2/c1-11-13(15(24)22-7-9-25-10-8-22)14(16(17,18)19)20-23(11)12-3-5-21(2)6-4-12/h12H,3-10H2,1-2H3. The van der Waals surface area contributed by atoms with E-state index in [1.807, 2.05) is 7.05 Å². The molecule has 25 heavy (non-hydrogen) atoms. The fraction of sp³-hybridized carbons (Fsp3) is 0.750. The van der Waals surface area contributed by atoms with Crippen LogP contribution in [0.25, 0.3) is 0 Å². The maximum absolute atomic E-state index is 13.5. The third-order valence-corrected chi connectivity index (χ3v) is 4.96. The highest BCUT2D eigenvalue weighted by Crippen LogP contribution is 2.35. The SMILES string of the molecule is Cc1c(C(=O)N2CCOCC2)c(C(F)(F)F)nn1C1CCN(C)CC1. The normalized spacial score (nSPS) is 20.9. The van der Waals surface area contributed by atoms with Gasteiger partial charge in [0.05, 0.1) is 24.8 Å². The van der Waals surface area contributed by atoms with Gasteiger partial charge in [0.2, 0.25) is 0 Å². The summed E-state index contributed by atoms with van der Waals surface area (Å²) in [6.07, 6.45) is -3.21. The van der Waals surface area contributed by atoms with E-state index in [0.717, 1.165) is 25.9 Å². The van der Waals surface area contributed by atoms with Crippen LogP contribution in [-0.4, -0.2) is 71.9 Å². The van der Waals surface area contributed by atoms with Crippen molar-refractivity contribution in [2.24, 2.45) is 0 Å². The van der Waals surface area contributed by atoms with Gasteiger partial charge in [-0.15, -0.1) is 0 Å². The molecule has 1 aromatic heterocycles. The molecule has 0 bridgehead atoms. The van der Waals surface area contributed by atoms with Crippen LogP contribution in [0.15, 0.2) is 0 Å². The Kier molecular flexibility index (Phi) is 5.06. The molecule has 3 heterocycles. The molecule has 0 spiro atoms. The quantitative estimate of drug-likeness (QED) is 0.809. The number of amides is 1. The highest BCUT2D eigenvalue weighted by atomic mass is 19.4. The van der Waals surface area contributed by atoms with Gasteiger partial charge in [-0.3, -0.25) is 9.48 Å². The van der Waals surface area contributed by atoms with E-state index in [0.29, 0.717) is 32.0 Å². The minimum Gasteiger partial charge on any atom is -0.378 e. The van der Waals surface area contributed by atoms with E-state index in [1.54, 1.807) is 6.92 Å². The second-order valence-electron chi connectivity index (χ2n) is 6.69. The molecule has 0 atom stereocenters. The van der Waals surface area contributed by atoms with Crippen LogP contribution in [0.1, 0.15) is 40.6 Å². The maximum Gasteiger partial charge on any atom is 0.435 e. The number of piperidine rings is 1. The van der Waals surface area contributed by atoms with Gasteiger partial charge in [0, 0.05) is 18.8 Å². The fourth-order valence-corrected chi connectivity index (χ4v) is 3.49. The summed E-state index contributed by atoms with van der Waals surface area (Å²) in [5.74, 6) is -0.604. The van der Waals surface area contributed by atoms with Crippen molar-refractivity contribution in [3.8, 4) is 0 Å². The zero-order valence-corrected chi connectivity index (χ0v) is 14.5. The van der Waals surface area contributed by atoms with E-state index in [9.17, 15) is 18.0 Å². The fourth-order valence-electron chi connectivity index (χ4n) is 3.49. The maximum atomic E-state index is 13.5. The topological polar surface area (TPSA) is 50.6 Å². The summed E-state index contributed by atoms with van der Waals surface area (Å²) in [5.41, 5.74) is -1.08. The van der Waals surface area contributed by atoms with Crippen molar-refractivity contribution in [3.63, 3.8) is 0 Å². The Labute approximate surface area is 144 Å². The van der Waals surface area contributed by atoms with Crippen molar-refractivity contribution < 1.29 is 22.7 Å². The van der Waals surface area contributed by atoms with E-state index in [4.69, 9.17) is 4.74 Å². The van der Waals surface area contributed by atoms with E-state index >= 15 is 0 Å². The smallest absolute Gasteiger partial charge is 0.378 e. The first-order valence-electron chi connectivity index (χ1n) is 8.51. The molecule has 140 valence electrons. The summed E-state index contributed by atoms with van der Waals surface area (Å²) < 4.78 is 47.2. The van der Waals surface area contributed by atoms with Crippen molar-refractivity contribution in [1.29, 1.82) is 0 Å². The van der Waals surface area contributed by atoms with Crippen LogP contribution < -0.4 is 0 Å². The van der Waals surface area contributed by atoms with Gasteiger partial charge in [0.15, 0.2) is 5.69 Å². The van der Waals surface area contributed by atoms with Crippen LogP contribution >= 0.6 is 0 Å². The number of ether oxygens (including phenoxy) is 1. The molecule has 1 amide bonds. The summed E-state index contributed by atoms with van der Waals surface area (Å²) in [6, 6.07) is -0.108. The number of likely N-dealkylation sites (tertiary alicyclic amines) is 1. The monoisotopic (exact) mass is 360 g/mol. The Morgan fingerprint density at radius 3 is 2.32 bits per heavy atom. The Hall–Kier alpha value is -1.61. The molecule has 3 rings (SSSR count). The van der Waals surface area contributed by atoms with Gasteiger partial charge in [0.25, 0.3) is 5.91 Å². The minimum absolute atomic E-state index is 0.108. The van der Waals surface area contributed by atoms with Crippen LogP contribution in [0.3, 0.4) is 0 Å². The van der Waals surface area contributed by atoms with Crippen molar-refractivity contribution in [1.82, 2.24) is 19.6 Å². The average molecular weight is 360 g/mol. The van der Waals surface area contributed by atoms with Gasteiger partial charge in [-0.1, -0.05) is 0 Å². The largest absolute Gasteiger partial charge is 0.435 e. The van der Waals surface area contributed by atoms with Crippen LogP contribution in [0.2, 0.25) is 0 Å². The van der Waals surface area contributed by atoms with Gasteiger partial charge < -0.3 is 14.5 Å². The summed E-state index contributed by atoms with van der Waals surface area (Å²) in [4.78, 5) is 16.3. The number of nitrogens with zero attached hydrogens (tertiary/aromatic N) is 4. The van der Waals surface area contributed by atoms with Gasteiger partial charge in [0.1, 0.15) is 0 Å². The first-order valence-corrected chi connectivity index (χ1v) is 8.51. The van der Waals surface area contributed by atoms with Crippen LogP contribution in [0.5, 0.6) is 0 Å². The molecule has 0 saturated carbocycles. The highest BCUT2D eigenvalue weighted by molar-refractivity contribution is 5.96. The van der Waals surface area contributed by atoms with E-state index in [-0.39, 0.29) is 11.6 Å². The molecule has 0 aliphatic carbocycles. The van der Waals surface area contributed by atoms with E-state index in [1.165, 1.54) is 9.58 Å². The molecule has 6 nitrogen and oxygen atoms in total.